The smallest absolute Gasteiger partial charge is 0.319 e. The lowest BCUT2D eigenvalue weighted by atomic mass is 9.89. The first-order valence-corrected chi connectivity index (χ1v) is 17.2. The highest BCUT2D eigenvalue weighted by molar-refractivity contribution is 7.23. The fraction of sp³-hybridized carbons (Fsp3) is 0.471. The zero-order valence-corrected chi connectivity index (χ0v) is 27.4. The maximum absolute atomic E-state index is 17.2. The summed E-state index contributed by atoms with van der Waals surface area (Å²) in [4.78, 5) is 14.2. The number of nitrogens with zero attached hydrogens (tertiary/aromatic N) is 6. The second kappa shape index (κ2) is 11.3. The van der Waals surface area contributed by atoms with Gasteiger partial charge in [-0.3, -0.25) is 4.90 Å². The van der Waals surface area contributed by atoms with E-state index in [1.165, 1.54) is 12.1 Å². The number of rotatable bonds is 5. The molecule has 2 N–H and O–H groups in total. The third-order valence-electron chi connectivity index (χ3n) is 10.5. The van der Waals surface area contributed by atoms with Gasteiger partial charge in [-0.25, -0.2) is 8.78 Å². The Bertz CT molecular complexity index is 2040. The van der Waals surface area contributed by atoms with Crippen LogP contribution in [0.1, 0.15) is 51.0 Å². The van der Waals surface area contributed by atoms with Crippen molar-refractivity contribution in [2.75, 3.05) is 43.5 Å². The van der Waals surface area contributed by atoms with E-state index in [2.05, 4.69) is 33.8 Å². The standard InChI is InChI=1S/C34H32ClF2N7O2S/c1-17-12-34(7-2-9-43(34)14-17)16-46-33-41-28-25-29(45-15-19-11-18(5-8-38)6-10-44(19)32(25)42-33)26(35)24(27(28)37)20-3-4-22(36)30-23(20)21(13-39)31(40)47-30/h3-4,17-19H,2,5-7,9-12,14-16,40H2,1H3/t17-,18?,19?,34?/m1/s1. The predicted octanol–water partition coefficient (Wildman–Crippen LogP) is 7.04. The first kappa shape index (κ1) is 30.4. The molecule has 0 aliphatic carbocycles. The van der Waals surface area contributed by atoms with Crippen LogP contribution in [0.25, 0.3) is 32.1 Å². The third kappa shape index (κ3) is 4.67. The van der Waals surface area contributed by atoms with Gasteiger partial charge in [0.1, 0.15) is 41.4 Å². The van der Waals surface area contributed by atoms with Gasteiger partial charge >= 0.3 is 6.01 Å². The maximum Gasteiger partial charge on any atom is 0.319 e. The van der Waals surface area contributed by atoms with Crippen LogP contribution >= 0.6 is 22.9 Å². The Kier molecular flexibility index (Phi) is 7.32. The highest BCUT2D eigenvalue weighted by Gasteiger charge is 2.48. The number of anilines is 2. The average Bonchev–Trinajstić information content (AvgIpc) is 3.66. The van der Waals surface area contributed by atoms with Crippen molar-refractivity contribution in [3.8, 4) is 35.0 Å². The maximum atomic E-state index is 17.2. The summed E-state index contributed by atoms with van der Waals surface area (Å²) in [6, 6.07) is 6.91. The molecule has 0 radical (unpaired) electrons. The Morgan fingerprint density at radius 2 is 2.09 bits per heavy atom. The first-order chi connectivity index (χ1) is 22.7. The van der Waals surface area contributed by atoms with Gasteiger partial charge in [-0.2, -0.15) is 20.5 Å². The summed E-state index contributed by atoms with van der Waals surface area (Å²) >= 11 is 7.99. The summed E-state index contributed by atoms with van der Waals surface area (Å²) in [6.45, 7) is 5.52. The molecule has 0 saturated carbocycles. The second-order valence-electron chi connectivity index (χ2n) is 13.4. The molecule has 2 aromatic carbocycles. The summed E-state index contributed by atoms with van der Waals surface area (Å²) < 4.78 is 45.1. The fourth-order valence-corrected chi connectivity index (χ4v) is 9.76. The number of benzene rings is 2. The van der Waals surface area contributed by atoms with Gasteiger partial charge in [-0.15, -0.1) is 11.3 Å². The van der Waals surface area contributed by atoms with Crippen LogP contribution < -0.4 is 20.1 Å². The number of fused-ring (bicyclic) bond motifs is 4. The third-order valence-corrected chi connectivity index (χ3v) is 11.9. The Labute approximate surface area is 279 Å². The van der Waals surface area contributed by atoms with E-state index in [4.69, 9.17) is 31.8 Å². The molecular formula is C34H32ClF2N7O2S. The minimum absolute atomic E-state index is 0.0241. The van der Waals surface area contributed by atoms with Crippen molar-refractivity contribution in [2.24, 2.45) is 11.8 Å². The molecule has 0 bridgehead atoms. The van der Waals surface area contributed by atoms with Crippen LogP contribution in [-0.2, 0) is 0 Å². The van der Waals surface area contributed by atoms with E-state index in [-0.39, 0.29) is 78.2 Å². The van der Waals surface area contributed by atoms with E-state index < -0.39 is 11.6 Å². The Balaban J connectivity index is 1.32. The van der Waals surface area contributed by atoms with Gasteiger partial charge in [-0.1, -0.05) is 24.6 Å². The summed E-state index contributed by atoms with van der Waals surface area (Å²) in [5.41, 5.74) is 6.20. The monoisotopic (exact) mass is 675 g/mol. The van der Waals surface area contributed by atoms with Crippen LogP contribution in [0, 0.1) is 46.1 Å². The number of halogens is 3. The van der Waals surface area contributed by atoms with E-state index in [1.54, 1.807) is 0 Å². The summed E-state index contributed by atoms with van der Waals surface area (Å²) in [5.74, 6) is 0.123. The van der Waals surface area contributed by atoms with Gasteiger partial charge in [0.05, 0.1) is 38.3 Å². The number of nitrogen functional groups attached to an aromatic ring is 1. The van der Waals surface area contributed by atoms with Crippen molar-refractivity contribution in [3.05, 3.63) is 34.4 Å². The van der Waals surface area contributed by atoms with Crippen LogP contribution in [0.5, 0.6) is 11.8 Å². The SMILES string of the molecule is C[C@H]1CN2CCCC2(COc2nc3c4c(c(Cl)c(-c5ccc(F)c6sc(N)c(C#N)c56)c(F)c4n2)OCC2CC(CC#N)CCN32)C1. The Morgan fingerprint density at radius 3 is 2.89 bits per heavy atom. The molecule has 6 heterocycles. The normalized spacial score (nSPS) is 25.2. The summed E-state index contributed by atoms with van der Waals surface area (Å²) in [6.07, 6.45) is 5.04. The Morgan fingerprint density at radius 1 is 1.23 bits per heavy atom. The van der Waals surface area contributed by atoms with Gasteiger partial charge in [0.2, 0.25) is 0 Å². The molecule has 4 aliphatic heterocycles. The zero-order chi connectivity index (χ0) is 32.6. The molecule has 4 atom stereocenters. The predicted molar refractivity (Wildman–Crippen MR) is 177 cm³/mol. The molecule has 13 heteroatoms. The highest BCUT2D eigenvalue weighted by Crippen LogP contribution is 2.52. The minimum atomic E-state index is -0.750. The van der Waals surface area contributed by atoms with Crippen LogP contribution in [-0.4, -0.2) is 59.3 Å². The van der Waals surface area contributed by atoms with Crippen molar-refractivity contribution in [1.29, 1.82) is 10.5 Å². The van der Waals surface area contributed by atoms with Gasteiger partial charge in [0, 0.05) is 30.5 Å². The van der Waals surface area contributed by atoms with E-state index >= 15 is 4.39 Å². The molecule has 3 saturated heterocycles. The van der Waals surface area contributed by atoms with Crippen LogP contribution in [0.3, 0.4) is 0 Å². The van der Waals surface area contributed by atoms with Gasteiger partial charge in [0.15, 0.2) is 11.6 Å². The van der Waals surface area contributed by atoms with E-state index in [0.717, 1.165) is 50.1 Å². The molecule has 242 valence electrons. The van der Waals surface area contributed by atoms with Crippen LogP contribution in [0.2, 0.25) is 5.02 Å². The molecule has 47 heavy (non-hydrogen) atoms. The van der Waals surface area contributed by atoms with Crippen LogP contribution in [0.15, 0.2) is 12.1 Å². The number of hydrogen-bond donors (Lipinski definition) is 1. The topological polar surface area (TPSA) is 124 Å². The van der Waals surface area contributed by atoms with Crippen molar-refractivity contribution < 1.29 is 18.3 Å². The number of nitrogens with two attached hydrogens (primary N) is 1. The molecule has 0 spiro atoms. The lowest BCUT2D eigenvalue weighted by molar-refractivity contribution is 0.107. The average molecular weight is 676 g/mol. The van der Waals surface area contributed by atoms with Gasteiger partial charge in [0.25, 0.3) is 0 Å². The van der Waals surface area contributed by atoms with Gasteiger partial charge < -0.3 is 20.1 Å². The highest BCUT2D eigenvalue weighted by atomic mass is 35.5. The largest absolute Gasteiger partial charge is 0.489 e. The number of aromatic nitrogens is 2. The molecule has 0 amide bonds. The lowest BCUT2D eigenvalue weighted by Crippen LogP contribution is -2.46. The zero-order valence-electron chi connectivity index (χ0n) is 25.8. The molecule has 3 fully saturated rings. The summed E-state index contributed by atoms with van der Waals surface area (Å²) in [7, 11) is 0. The second-order valence-corrected chi connectivity index (χ2v) is 14.9. The minimum Gasteiger partial charge on any atom is -0.489 e. The van der Waals surface area contributed by atoms with E-state index in [0.29, 0.717) is 43.1 Å². The molecular weight excluding hydrogens is 644 g/mol. The molecule has 9 nitrogen and oxygen atoms in total. The first-order valence-electron chi connectivity index (χ1n) is 16.0. The van der Waals surface area contributed by atoms with Crippen LogP contribution in [0.4, 0.5) is 19.6 Å². The molecule has 2 aromatic heterocycles. The van der Waals surface area contributed by atoms with E-state index in [1.807, 2.05) is 0 Å². The lowest BCUT2D eigenvalue weighted by Gasteiger charge is -2.38. The number of hydrogen-bond acceptors (Lipinski definition) is 10. The number of thiophene rings is 1. The molecule has 8 rings (SSSR count). The number of nitriles is 2. The molecule has 4 aromatic rings. The quantitative estimate of drug-likeness (QED) is 0.237. The summed E-state index contributed by atoms with van der Waals surface area (Å²) in [5, 5.41) is 20.0. The molecule has 3 unspecified atom stereocenters. The molecule has 4 aliphatic rings. The Hall–Kier alpha value is -3.97. The van der Waals surface area contributed by atoms with Crippen molar-refractivity contribution in [3.63, 3.8) is 0 Å². The van der Waals surface area contributed by atoms with E-state index in [9.17, 15) is 14.9 Å². The number of piperidine rings is 1. The van der Waals surface area contributed by atoms with Crippen molar-refractivity contribution in [2.45, 2.75) is 57.0 Å². The van der Waals surface area contributed by atoms with Crippen molar-refractivity contribution >= 4 is 54.7 Å². The fourth-order valence-electron chi connectivity index (χ4n) is 8.47. The van der Waals surface area contributed by atoms with Crippen molar-refractivity contribution in [1.82, 2.24) is 14.9 Å². The number of ether oxygens (including phenoxy) is 2. The van der Waals surface area contributed by atoms with Gasteiger partial charge in [-0.05, 0) is 62.1 Å².